The van der Waals surface area contributed by atoms with Crippen LogP contribution in [0.1, 0.15) is 10.4 Å². The van der Waals surface area contributed by atoms with Crippen LogP contribution in [0.4, 0.5) is 11.5 Å². The summed E-state index contributed by atoms with van der Waals surface area (Å²) in [7, 11) is 2.13. The highest BCUT2D eigenvalue weighted by Crippen LogP contribution is 2.34. The number of oxazole rings is 1. The standard InChI is InChI=1S/C25H22N8O2/c1-32-6-8-33(9-7-32)21-11-17-13-27-22(31-24(34)16-2-4-26-5-3-16)12-19(17)30-23(21)18-10-20-25(28-14-18)35-15-29-20/h2-5,10-15H,6-9H2,1H3,(H,27,31,34). The summed E-state index contributed by atoms with van der Waals surface area (Å²) in [5.41, 5.74) is 5.06. The van der Waals surface area contributed by atoms with Gasteiger partial charge in [0.15, 0.2) is 6.39 Å². The van der Waals surface area contributed by atoms with Crippen LogP contribution in [-0.4, -0.2) is 69.0 Å². The lowest BCUT2D eigenvalue weighted by molar-refractivity contribution is 0.102. The van der Waals surface area contributed by atoms with Gasteiger partial charge >= 0.3 is 0 Å². The number of piperazine rings is 1. The Bertz CT molecular complexity index is 1530. The van der Waals surface area contributed by atoms with E-state index in [1.54, 1.807) is 43.0 Å². The zero-order chi connectivity index (χ0) is 23.8. The van der Waals surface area contributed by atoms with Gasteiger partial charge in [-0.25, -0.2) is 19.9 Å². The number of aromatic nitrogens is 5. The van der Waals surface area contributed by atoms with Crippen molar-refractivity contribution in [2.45, 2.75) is 0 Å². The topological polar surface area (TPSA) is 113 Å². The summed E-state index contributed by atoms with van der Waals surface area (Å²) in [5, 5.41) is 3.73. The summed E-state index contributed by atoms with van der Waals surface area (Å²) in [6.45, 7) is 3.72. The lowest BCUT2D eigenvalue weighted by Crippen LogP contribution is -2.44. The predicted molar refractivity (Wildman–Crippen MR) is 132 cm³/mol. The number of pyridine rings is 4. The number of amides is 1. The first kappa shape index (κ1) is 21.1. The van der Waals surface area contributed by atoms with Crippen LogP contribution in [0.15, 0.2) is 65.9 Å². The summed E-state index contributed by atoms with van der Waals surface area (Å²) in [6.07, 6.45) is 8.05. The van der Waals surface area contributed by atoms with Gasteiger partial charge in [0, 0.05) is 73.5 Å². The Hall–Kier alpha value is -4.44. The van der Waals surface area contributed by atoms with Gasteiger partial charge in [0.2, 0.25) is 5.71 Å². The summed E-state index contributed by atoms with van der Waals surface area (Å²) >= 11 is 0. The van der Waals surface area contributed by atoms with Gasteiger partial charge in [-0.3, -0.25) is 9.78 Å². The molecule has 10 heteroatoms. The second-order valence-corrected chi connectivity index (χ2v) is 8.50. The largest absolute Gasteiger partial charge is 0.425 e. The van der Waals surface area contributed by atoms with Gasteiger partial charge in [-0.1, -0.05) is 0 Å². The fraction of sp³-hybridized carbons (Fsp3) is 0.200. The van der Waals surface area contributed by atoms with Gasteiger partial charge in [-0.05, 0) is 31.3 Å². The molecule has 0 bridgehead atoms. The van der Waals surface area contributed by atoms with Crippen molar-refractivity contribution in [3.05, 3.63) is 67.1 Å². The number of nitrogens with one attached hydrogen (secondary N) is 1. The predicted octanol–water partition coefficient (Wildman–Crippen LogP) is 3.23. The minimum absolute atomic E-state index is 0.255. The average molecular weight is 467 g/mol. The van der Waals surface area contributed by atoms with Crippen LogP contribution >= 0.6 is 0 Å². The van der Waals surface area contributed by atoms with E-state index >= 15 is 0 Å². The Morgan fingerprint density at radius 2 is 1.80 bits per heavy atom. The molecule has 5 aromatic rings. The number of hydrogen-bond donors (Lipinski definition) is 1. The third-order valence-electron chi connectivity index (χ3n) is 6.17. The third kappa shape index (κ3) is 4.15. The first-order valence-corrected chi connectivity index (χ1v) is 11.3. The number of fused-ring (bicyclic) bond motifs is 2. The molecule has 0 spiro atoms. The van der Waals surface area contributed by atoms with E-state index in [-0.39, 0.29) is 5.91 Å². The van der Waals surface area contributed by atoms with Crippen molar-refractivity contribution in [2.75, 3.05) is 43.4 Å². The van der Waals surface area contributed by atoms with E-state index in [1.807, 2.05) is 6.07 Å². The van der Waals surface area contributed by atoms with Crippen LogP contribution in [0.2, 0.25) is 0 Å². The van der Waals surface area contributed by atoms with Crippen molar-refractivity contribution in [3.8, 4) is 11.3 Å². The first-order chi connectivity index (χ1) is 17.1. The maximum atomic E-state index is 12.6. The van der Waals surface area contributed by atoms with Gasteiger partial charge in [-0.2, -0.15) is 0 Å². The molecule has 1 saturated heterocycles. The van der Waals surface area contributed by atoms with E-state index in [0.29, 0.717) is 22.6 Å². The summed E-state index contributed by atoms with van der Waals surface area (Å²) in [4.78, 5) is 39.3. The number of carbonyl (C=O) groups is 1. The number of nitrogens with zero attached hydrogens (tertiary/aromatic N) is 7. The Morgan fingerprint density at radius 3 is 2.63 bits per heavy atom. The summed E-state index contributed by atoms with van der Waals surface area (Å²) in [5.74, 6) is 0.171. The second kappa shape index (κ2) is 8.73. The molecule has 35 heavy (non-hydrogen) atoms. The molecule has 1 aliphatic heterocycles. The molecule has 6 heterocycles. The SMILES string of the molecule is CN1CCN(c2cc3cnc(NC(=O)c4ccncc4)cc3nc2-c2cnc3ocnc3c2)CC1. The number of hydrogen-bond acceptors (Lipinski definition) is 9. The molecule has 1 aliphatic rings. The van der Waals surface area contributed by atoms with E-state index in [2.05, 4.69) is 48.2 Å². The van der Waals surface area contributed by atoms with Gasteiger partial charge < -0.3 is 19.5 Å². The third-order valence-corrected chi connectivity index (χ3v) is 6.17. The summed E-state index contributed by atoms with van der Waals surface area (Å²) < 4.78 is 5.32. The molecule has 1 fully saturated rings. The maximum Gasteiger partial charge on any atom is 0.256 e. The Kier molecular flexibility index (Phi) is 5.27. The van der Waals surface area contributed by atoms with Crippen molar-refractivity contribution in [3.63, 3.8) is 0 Å². The Balaban J connectivity index is 1.42. The number of carbonyl (C=O) groups excluding carboxylic acids is 1. The zero-order valence-corrected chi connectivity index (χ0v) is 19.0. The molecule has 0 saturated carbocycles. The molecule has 174 valence electrons. The number of anilines is 2. The van der Waals surface area contributed by atoms with Gasteiger partial charge in [0.25, 0.3) is 5.91 Å². The Labute approximate surface area is 200 Å². The van der Waals surface area contributed by atoms with E-state index in [1.165, 1.54) is 6.39 Å². The van der Waals surface area contributed by atoms with Crippen LogP contribution in [-0.2, 0) is 0 Å². The molecule has 0 unspecified atom stereocenters. The quantitative estimate of drug-likeness (QED) is 0.426. The van der Waals surface area contributed by atoms with Gasteiger partial charge in [0.05, 0.1) is 16.9 Å². The lowest BCUT2D eigenvalue weighted by atomic mass is 10.1. The normalized spacial score (nSPS) is 14.5. The highest BCUT2D eigenvalue weighted by atomic mass is 16.3. The van der Waals surface area contributed by atoms with Crippen molar-refractivity contribution < 1.29 is 9.21 Å². The smallest absolute Gasteiger partial charge is 0.256 e. The number of likely N-dealkylation sites (N-methyl/N-ethyl adjacent to an activating group) is 1. The second-order valence-electron chi connectivity index (χ2n) is 8.50. The highest BCUT2D eigenvalue weighted by Gasteiger charge is 2.21. The zero-order valence-electron chi connectivity index (χ0n) is 19.0. The highest BCUT2D eigenvalue weighted by molar-refractivity contribution is 6.04. The molecule has 0 radical (unpaired) electrons. The minimum Gasteiger partial charge on any atom is -0.425 e. The van der Waals surface area contributed by atoms with E-state index < -0.39 is 0 Å². The molecule has 5 aromatic heterocycles. The molecule has 10 nitrogen and oxygen atoms in total. The van der Waals surface area contributed by atoms with Crippen LogP contribution in [0, 0.1) is 0 Å². The molecule has 1 amide bonds. The van der Waals surface area contributed by atoms with Gasteiger partial charge in [-0.15, -0.1) is 0 Å². The first-order valence-electron chi connectivity index (χ1n) is 11.3. The van der Waals surface area contributed by atoms with E-state index in [0.717, 1.165) is 54.0 Å². The Morgan fingerprint density at radius 1 is 0.971 bits per heavy atom. The van der Waals surface area contributed by atoms with Crippen molar-refractivity contribution in [1.29, 1.82) is 0 Å². The molecular weight excluding hydrogens is 444 g/mol. The van der Waals surface area contributed by atoms with Crippen LogP contribution in [0.25, 0.3) is 33.4 Å². The molecule has 0 atom stereocenters. The average Bonchev–Trinajstić information content (AvgIpc) is 3.37. The molecule has 1 N–H and O–H groups in total. The van der Waals surface area contributed by atoms with E-state index in [4.69, 9.17) is 9.40 Å². The molecule has 0 aliphatic carbocycles. The molecular formula is C25H22N8O2. The fourth-order valence-corrected chi connectivity index (χ4v) is 4.20. The number of rotatable bonds is 4. The molecule has 0 aromatic carbocycles. The lowest BCUT2D eigenvalue weighted by Gasteiger charge is -2.35. The fourth-order valence-electron chi connectivity index (χ4n) is 4.20. The van der Waals surface area contributed by atoms with Crippen LogP contribution in [0.5, 0.6) is 0 Å². The minimum atomic E-state index is -0.255. The van der Waals surface area contributed by atoms with E-state index in [9.17, 15) is 4.79 Å². The van der Waals surface area contributed by atoms with Crippen molar-refractivity contribution >= 4 is 39.5 Å². The molecule has 6 rings (SSSR count). The van der Waals surface area contributed by atoms with Crippen LogP contribution < -0.4 is 10.2 Å². The van der Waals surface area contributed by atoms with Crippen molar-refractivity contribution in [2.24, 2.45) is 0 Å². The monoisotopic (exact) mass is 466 g/mol. The maximum absolute atomic E-state index is 12.6. The van der Waals surface area contributed by atoms with Crippen LogP contribution in [0.3, 0.4) is 0 Å². The summed E-state index contributed by atoms with van der Waals surface area (Å²) in [6, 6.07) is 9.14. The van der Waals surface area contributed by atoms with Crippen molar-refractivity contribution in [1.82, 2.24) is 29.8 Å². The van der Waals surface area contributed by atoms with Gasteiger partial charge in [0.1, 0.15) is 11.3 Å².